The van der Waals surface area contributed by atoms with Crippen LogP contribution in [0.15, 0.2) is 42.5 Å². The van der Waals surface area contributed by atoms with Gasteiger partial charge in [0.05, 0.1) is 11.0 Å². The van der Waals surface area contributed by atoms with Crippen molar-refractivity contribution in [1.82, 2.24) is 5.32 Å². The largest absolute Gasteiger partial charge is 0.346 e. The molecule has 0 aromatic heterocycles. The summed E-state index contributed by atoms with van der Waals surface area (Å²) in [6.07, 6.45) is 0. The Morgan fingerprint density at radius 3 is 2.24 bits per heavy atom. The molecule has 0 radical (unpaired) electrons. The molecule has 0 heterocycles. The van der Waals surface area contributed by atoms with Crippen LogP contribution in [0.4, 0.5) is 5.69 Å². The minimum atomic E-state index is -0.471. The van der Waals surface area contributed by atoms with Gasteiger partial charge in [-0.3, -0.25) is 14.9 Å². The number of carbonyl (C=O) groups excluding carboxylic acids is 1. The molecule has 5 heteroatoms. The first kappa shape index (κ1) is 18.6. The van der Waals surface area contributed by atoms with E-state index in [9.17, 15) is 14.9 Å². The third kappa shape index (κ3) is 4.24. The first-order valence-corrected chi connectivity index (χ1v) is 8.26. The molecule has 0 fully saturated rings. The van der Waals surface area contributed by atoms with Gasteiger partial charge in [0.25, 0.3) is 11.6 Å². The number of nitrogens with one attached hydrogen (secondary N) is 1. The molecule has 5 nitrogen and oxygen atoms in total. The van der Waals surface area contributed by atoms with Gasteiger partial charge >= 0.3 is 0 Å². The molecule has 1 atom stereocenters. The smallest absolute Gasteiger partial charge is 0.273 e. The van der Waals surface area contributed by atoms with E-state index in [1.54, 1.807) is 13.0 Å². The van der Waals surface area contributed by atoms with Crippen LogP contribution in [0.5, 0.6) is 0 Å². The summed E-state index contributed by atoms with van der Waals surface area (Å²) in [7, 11) is 0. The lowest BCUT2D eigenvalue weighted by molar-refractivity contribution is -0.385. The molecule has 1 N–H and O–H groups in total. The second-order valence-electron chi connectivity index (χ2n) is 7.27. The average Bonchev–Trinajstić information content (AvgIpc) is 2.53. The van der Waals surface area contributed by atoms with Gasteiger partial charge in [0.15, 0.2) is 0 Å². The van der Waals surface area contributed by atoms with Crippen molar-refractivity contribution in [3.05, 3.63) is 74.8 Å². The number of nitro groups is 1. The Bertz CT molecular complexity index is 790. The highest BCUT2D eigenvalue weighted by Gasteiger charge is 2.20. The van der Waals surface area contributed by atoms with Gasteiger partial charge in [-0.2, -0.15) is 0 Å². The van der Waals surface area contributed by atoms with Gasteiger partial charge in [0.2, 0.25) is 0 Å². The lowest BCUT2D eigenvalue weighted by atomic mass is 9.86. The third-order valence-corrected chi connectivity index (χ3v) is 4.37. The average molecular weight is 340 g/mol. The van der Waals surface area contributed by atoms with Crippen molar-refractivity contribution in [2.75, 3.05) is 0 Å². The van der Waals surface area contributed by atoms with Crippen LogP contribution >= 0.6 is 0 Å². The van der Waals surface area contributed by atoms with E-state index in [1.807, 2.05) is 19.1 Å². The summed E-state index contributed by atoms with van der Waals surface area (Å²) in [5, 5.41) is 13.9. The van der Waals surface area contributed by atoms with Crippen LogP contribution < -0.4 is 5.32 Å². The summed E-state index contributed by atoms with van der Waals surface area (Å²) in [6.45, 7) is 9.95. The molecule has 2 rings (SSSR count). The number of benzene rings is 2. The lowest BCUT2D eigenvalue weighted by Crippen LogP contribution is -2.27. The van der Waals surface area contributed by atoms with Gasteiger partial charge < -0.3 is 5.32 Å². The Kier molecular flexibility index (Phi) is 5.26. The van der Waals surface area contributed by atoms with Crippen LogP contribution in [-0.4, -0.2) is 10.8 Å². The molecule has 0 aliphatic heterocycles. The molecule has 2 aromatic rings. The highest BCUT2D eigenvalue weighted by atomic mass is 16.6. The molecule has 0 aliphatic rings. The number of hydrogen-bond acceptors (Lipinski definition) is 3. The Morgan fingerprint density at radius 2 is 1.72 bits per heavy atom. The van der Waals surface area contributed by atoms with Gasteiger partial charge in [-0.15, -0.1) is 0 Å². The quantitative estimate of drug-likeness (QED) is 0.648. The molecule has 132 valence electrons. The van der Waals surface area contributed by atoms with E-state index in [-0.39, 0.29) is 23.1 Å². The molecule has 1 amide bonds. The van der Waals surface area contributed by atoms with E-state index in [4.69, 9.17) is 0 Å². The molecule has 0 spiro atoms. The number of rotatable bonds is 4. The molecule has 0 aliphatic carbocycles. The van der Waals surface area contributed by atoms with Crippen LogP contribution in [0.25, 0.3) is 0 Å². The third-order valence-electron chi connectivity index (χ3n) is 4.37. The lowest BCUT2D eigenvalue weighted by Gasteiger charge is -2.21. The van der Waals surface area contributed by atoms with E-state index in [0.29, 0.717) is 11.1 Å². The van der Waals surface area contributed by atoms with Crippen molar-refractivity contribution in [1.29, 1.82) is 0 Å². The van der Waals surface area contributed by atoms with Crippen LogP contribution in [-0.2, 0) is 5.41 Å². The molecule has 0 unspecified atom stereocenters. The van der Waals surface area contributed by atoms with Crippen molar-refractivity contribution in [3.63, 3.8) is 0 Å². The summed E-state index contributed by atoms with van der Waals surface area (Å²) < 4.78 is 0. The summed E-state index contributed by atoms with van der Waals surface area (Å²) >= 11 is 0. The highest BCUT2D eigenvalue weighted by Crippen LogP contribution is 2.25. The standard InChI is InChI=1S/C20H24N2O3/c1-13-17(7-6-8-18(13)22(24)25)19(23)21-14(2)15-9-11-16(12-10-15)20(3,4)5/h6-12,14H,1-5H3,(H,21,23)/t14-/m0/s1. The fraction of sp³-hybridized carbons (Fsp3) is 0.350. The van der Waals surface area contributed by atoms with E-state index >= 15 is 0 Å². The van der Waals surface area contributed by atoms with Gasteiger partial charge in [0, 0.05) is 17.2 Å². The molecule has 25 heavy (non-hydrogen) atoms. The van der Waals surface area contributed by atoms with Crippen LogP contribution in [0.1, 0.15) is 60.8 Å². The highest BCUT2D eigenvalue weighted by molar-refractivity contribution is 5.96. The van der Waals surface area contributed by atoms with Crippen LogP contribution in [0, 0.1) is 17.0 Å². The minimum Gasteiger partial charge on any atom is -0.346 e. The predicted octanol–water partition coefficient (Wildman–Crippen LogP) is 4.69. The number of nitro benzene ring substituents is 1. The zero-order valence-electron chi connectivity index (χ0n) is 15.3. The van der Waals surface area contributed by atoms with E-state index in [1.165, 1.54) is 17.7 Å². The zero-order chi connectivity index (χ0) is 18.8. The molecular formula is C20H24N2O3. The molecular weight excluding hydrogens is 316 g/mol. The second-order valence-corrected chi connectivity index (χ2v) is 7.27. The number of amides is 1. The normalized spacial score (nSPS) is 12.5. The summed E-state index contributed by atoms with van der Waals surface area (Å²) in [5.41, 5.74) is 2.95. The van der Waals surface area contributed by atoms with Crippen molar-refractivity contribution < 1.29 is 9.72 Å². The minimum absolute atomic E-state index is 0.0465. The Balaban J connectivity index is 2.18. The summed E-state index contributed by atoms with van der Waals surface area (Å²) in [4.78, 5) is 23.1. The Morgan fingerprint density at radius 1 is 1.12 bits per heavy atom. The Hall–Kier alpha value is -2.69. The fourth-order valence-corrected chi connectivity index (χ4v) is 2.70. The van der Waals surface area contributed by atoms with Gasteiger partial charge in [-0.1, -0.05) is 51.1 Å². The second kappa shape index (κ2) is 7.05. The van der Waals surface area contributed by atoms with E-state index in [2.05, 4.69) is 38.2 Å². The van der Waals surface area contributed by atoms with Crippen molar-refractivity contribution in [2.45, 2.75) is 46.1 Å². The Labute approximate surface area is 148 Å². The first-order valence-electron chi connectivity index (χ1n) is 8.26. The predicted molar refractivity (Wildman–Crippen MR) is 98.9 cm³/mol. The number of carbonyl (C=O) groups is 1. The van der Waals surface area contributed by atoms with Gasteiger partial charge in [-0.25, -0.2) is 0 Å². The van der Waals surface area contributed by atoms with Crippen molar-refractivity contribution >= 4 is 11.6 Å². The maximum absolute atomic E-state index is 12.5. The van der Waals surface area contributed by atoms with Gasteiger partial charge in [-0.05, 0) is 36.5 Å². The fourth-order valence-electron chi connectivity index (χ4n) is 2.70. The van der Waals surface area contributed by atoms with Crippen molar-refractivity contribution in [3.8, 4) is 0 Å². The zero-order valence-corrected chi connectivity index (χ0v) is 15.3. The summed E-state index contributed by atoms with van der Waals surface area (Å²) in [6, 6.07) is 12.5. The summed E-state index contributed by atoms with van der Waals surface area (Å²) in [5.74, 6) is -0.311. The topological polar surface area (TPSA) is 72.2 Å². The molecule has 0 saturated heterocycles. The van der Waals surface area contributed by atoms with Crippen LogP contribution in [0.3, 0.4) is 0 Å². The maximum Gasteiger partial charge on any atom is 0.273 e. The molecule has 2 aromatic carbocycles. The monoisotopic (exact) mass is 340 g/mol. The number of hydrogen-bond donors (Lipinski definition) is 1. The first-order chi connectivity index (χ1) is 11.6. The SMILES string of the molecule is Cc1c(C(=O)N[C@@H](C)c2ccc(C(C)(C)C)cc2)cccc1[N+](=O)[O-]. The van der Waals surface area contributed by atoms with Crippen molar-refractivity contribution in [2.24, 2.45) is 0 Å². The molecule has 0 saturated carbocycles. The van der Waals surface area contributed by atoms with Gasteiger partial charge in [0.1, 0.15) is 0 Å². The number of nitrogens with zero attached hydrogens (tertiary/aromatic N) is 1. The van der Waals surface area contributed by atoms with Crippen LogP contribution in [0.2, 0.25) is 0 Å². The maximum atomic E-state index is 12.5. The van der Waals surface area contributed by atoms with E-state index in [0.717, 1.165) is 5.56 Å². The molecule has 0 bridgehead atoms. The van der Waals surface area contributed by atoms with E-state index < -0.39 is 4.92 Å².